The molecule has 0 aliphatic rings. The fourth-order valence-electron chi connectivity index (χ4n) is 1.44. The molecule has 0 unspecified atom stereocenters. The minimum Gasteiger partial charge on any atom is -0.321 e. The molecule has 3 nitrogen and oxygen atoms in total. The largest absolute Gasteiger partial charge is 0.460 e. The second-order valence-corrected chi connectivity index (χ2v) is 4.24. The number of nitrogens with zero attached hydrogens (tertiary/aromatic N) is 1. The first-order valence-electron chi connectivity index (χ1n) is 5.38. The average Bonchev–Trinajstić information content (AvgIpc) is 2.25. The highest BCUT2D eigenvalue weighted by Crippen LogP contribution is 2.46. The second kappa shape index (κ2) is 5.15. The Morgan fingerprint density at radius 1 is 1.00 bits per heavy atom. The van der Waals surface area contributed by atoms with E-state index in [4.69, 9.17) is 0 Å². The maximum Gasteiger partial charge on any atom is 0.460 e. The van der Waals surface area contributed by atoms with Crippen LogP contribution in [0.1, 0.15) is 11.4 Å². The van der Waals surface area contributed by atoms with E-state index in [1.54, 1.807) is 0 Å². The van der Waals surface area contributed by atoms with Crippen LogP contribution in [-0.2, 0) is 4.79 Å². The van der Waals surface area contributed by atoms with E-state index in [0.29, 0.717) is 0 Å². The molecule has 0 radical (unpaired) electrons. The molecule has 0 saturated carbocycles. The van der Waals surface area contributed by atoms with Crippen molar-refractivity contribution < 1.29 is 35.5 Å². The lowest BCUT2D eigenvalue weighted by molar-refractivity contribution is -0.343. The third kappa shape index (κ3) is 3.24. The third-order valence-corrected chi connectivity index (χ3v) is 2.37. The van der Waals surface area contributed by atoms with Crippen molar-refractivity contribution in [3.05, 3.63) is 23.5 Å². The summed E-state index contributed by atoms with van der Waals surface area (Å²) in [7, 11) is 0. The molecule has 0 aliphatic carbocycles. The number of hydrogen-bond acceptors (Lipinski definition) is 2. The molecule has 1 rings (SSSR count). The Hall–Kier alpha value is -1.87. The second-order valence-electron chi connectivity index (χ2n) is 4.24. The van der Waals surface area contributed by atoms with Crippen LogP contribution in [0.15, 0.2) is 12.1 Å². The topological polar surface area (TPSA) is 42.0 Å². The van der Waals surface area contributed by atoms with E-state index < -0.39 is 23.9 Å². The molecule has 0 bridgehead atoms. The molecule has 0 fully saturated rings. The lowest BCUT2D eigenvalue weighted by Crippen LogP contribution is -2.57. The molecular formula is C11H9F7N2O. The molecule has 1 aromatic rings. The first-order valence-corrected chi connectivity index (χ1v) is 5.38. The molecule has 0 aromatic carbocycles. The SMILES string of the molecule is Cc1cc(NC(=O)C(F)(F)C(F)(F)C(F)(F)F)cc(C)n1. The number of alkyl halides is 7. The molecule has 1 aromatic heterocycles. The minimum atomic E-state index is -6.56. The molecule has 0 spiro atoms. The number of aryl methyl sites for hydroxylation is 2. The molecule has 1 amide bonds. The number of nitrogens with one attached hydrogen (secondary N) is 1. The Morgan fingerprint density at radius 3 is 1.81 bits per heavy atom. The van der Waals surface area contributed by atoms with Gasteiger partial charge < -0.3 is 5.32 Å². The quantitative estimate of drug-likeness (QED) is 0.867. The van der Waals surface area contributed by atoms with E-state index in [-0.39, 0.29) is 17.1 Å². The van der Waals surface area contributed by atoms with Gasteiger partial charge in [-0.15, -0.1) is 0 Å². The molecule has 0 aliphatic heterocycles. The van der Waals surface area contributed by atoms with E-state index in [0.717, 1.165) is 12.1 Å². The van der Waals surface area contributed by atoms with Crippen molar-refractivity contribution in [1.29, 1.82) is 0 Å². The van der Waals surface area contributed by atoms with Crippen LogP contribution in [0.4, 0.5) is 36.4 Å². The number of anilines is 1. The Bertz CT molecular complexity index is 534. The summed E-state index contributed by atoms with van der Waals surface area (Å²) in [6.45, 7) is 2.84. The first-order chi connectivity index (χ1) is 9.29. The molecule has 21 heavy (non-hydrogen) atoms. The van der Waals surface area contributed by atoms with Crippen molar-refractivity contribution >= 4 is 11.6 Å². The molecule has 0 saturated heterocycles. The van der Waals surface area contributed by atoms with Crippen LogP contribution in [0.25, 0.3) is 0 Å². The van der Waals surface area contributed by atoms with Gasteiger partial charge in [-0.25, -0.2) is 0 Å². The molecule has 118 valence electrons. The maximum absolute atomic E-state index is 13.1. The molecular weight excluding hydrogens is 309 g/mol. The standard InChI is InChI=1S/C11H9F7N2O/c1-5-3-7(4-6(2)19-5)20-8(21)9(12,13)10(14,15)11(16,17)18/h3-4H,1-2H3,(H,19,20,21). The Balaban J connectivity index is 3.07. The fourth-order valence-corrected chi connectivity index (χ4v) is 1.44. The van der Waals surface area contributed by atoms with Crippen LogP contribution in [0, 0.1) is 13.8 Å². The van der Waals surface area contributed by atoms with E-state index in [1.165, 1.54) is 19.2 Å². The Kier molecular flexibility index (Phi) is 4.22. The summed E-state index contributed by atoms with van der Waals surface area (Å²) in [5, 5.41) is 1.33. The number of pyridine rings is 1. The minimum absolute atomic E-state index is 0.260. The van der Waals surface area contributed by atoms with Crippen molar-refractivity contribution in [3.8, 4) is 0 Å². The number of halogens is 7. The Labute approximate surface area is 114 Å². The van der Waals surface area contributed by atoms with Gasteiger partial charge in [0.2, 0.25) is 0 Å². The van der Waals surface area contributed by atoms with Crippen LogP contribution in [-0.4, -0.2) is 28.9 Å². The molecule has 1 N–H and O–H groups in total. The van der Waals surface area contributed by atoms with Gasteiger partial charge in [-0.2, -0.15) is 30.7 Å². The van der Waals surface area contributed by atoms with Crippen molar-refractivity contribution in [1.82, 2.24) is 4.98 Å². The summed E-state index contributed by atoms with van der Waals surface area (Å²) in [4.78, 5) is 14.9. The van der Waals surface area contributed by atoms with Gasteiger partial charge in [0.25, 0.3) is 0 Å². The first kappa shape index (κ1) is 17.2. The van der Waals surface area contributed by atoms with Crippen LogP contribution < -0.4 is 5.32 Å². The van der Waals surface area contributed by atoms with E-state index in [1.807, 2.05) is 0 Å². The van der Waals surface area contributed by atoms with Crippen LogP contribution in [0.3, 0.4) is 0 Å². The van der Waals surface area contributed by atoms with E-state index in [9.17, 15) is 35.5 Å². The fraction of sp³-hybridized carbons (Fsp3) is 0.455. The highest BCUT2D eigenvalue weighted by atomic mass is 19.4. The number of carbonyl (C=O) groups is 1. The number of hydrogen-bond donors (Lipinski definition) is 1. The van der Waals surface area contributed by atoms with Gasteiger partial charge in [0.1, 0.15) is 0 Å². The number of aromatic nitrogens is 1. The van der Waals surface area contributed by atoms with E-state index in [2.05, 4.69) is 4.98 Å². The zero-order valence-corrected chi connectivity index (χ0v) is 10.7. The molecule has 1 heterocycles. The highest BCUT2D eigenvalue weighted by molar-refractivity contribution is 5.97. The third-order valence-electron chi connectivity index (χ3n) is 2.37. The lowest BCUT2D eigenvalue weighted by atomic mass is 10.1. The number of rotatable bonds is 3. The lowest BCUT2D eigenvalue weighted by Gasteiger charge is -2.27. The van der Waals surface area contributed by atoms with E-state index >= 15 is 0 Å². The van der Waals surface area contributed by atoms with Gasteiger partial charge in [0.05, 0.1) is 0 Å². The summed E-state index contributed by atoms with van der Waals surface area (Å²) in [5.41, 5.74) is 0.162. The van der Waals surface area contributed by atoms with Crippen molar-refractivity contribution in [2.75, 3.05) is 5.32 Å². The predicted octanol–water partition coefficient (Wildman–Crippen LogP) is 3.47. The zero-order chi connectivity index (χ0) is 16.6. The summed E-state index contributed by atoms with van der Waals surface area (Å²) < 4.78 is 87.3. The monoisotopic (exact) mass is 318 g/mol. The summed E-state index contributed by atoms with van der Waals surface area (Å²) in [5.74, 6) is -15.2. The van der Waals surface area contributed by atoms with Crippen LogP contribution in [0.5, 0.6) is 0 Å². The average molecular weight is 318 g/mol. The smallest absolute Gasteiger partial charge is 0.321 e. The summed E-state index contributed by atoms with van der Waals surface area (Å²) in [6, 6.07) is 2.10. The summed E-state index contributed by atoms with van der Waals surface area (Å²) >= 11 is 0. The van der Waals surface area contributed by atoms with Crippen LogP contribution in [0.2, 0.25) is 0 Å². The molecule has 0 atom stereocenters. The van der Waals surface area contributed by atoms with Gasteiger partial charge in [-0.05, 0) is 26.0 Å². The van der Waals surface area contributed by atoms with Crippen molar-refractivity contribution in [2.24, 2.45) is 0 Å². The highest BCUT2D eigenvalue weighted by Gasteiger charge is 2.76. The van der Waals surface area contributed by atoms with Crippen molar-refractivity contribution in [2.45, 2.75) is 31.9 Å². The normalized spacial score (nSPS) is 13.2. The van der Waals surface area contributed by atoms with Gasteiger partial charge in [-0.1, -0.05) is 0 Å². The van der Waals surface area contributed by atoms with Crippen molar-refractivity contribution in [3.63, 3.8) is 0 Å². The zero-order valence-electron chi connectivity index (χ0n) is 10.7. The Morgan fingerprint density at radius 2 is 1.43 bits per heavy atom. The molecule has 10 heteroatoms. The van der Waals surface area contributed by atoms with Gasteiger partial charge >= 0.3 is 23.9 Å². The van der Waals surface area contributed by atoms with Gasteiger partial charge in [-0.3, -0.25) is 9.78 Å². The van der Waals surface area contributed by atoms with Crippen LogP contribution >= 0.6 is 0 Å². The van der Waals surface area contributed by atoms with Gasteiger partial charge in [0.15, 0.2) is 0 Å². The van der Waals surface area contributed by atoms with Gasteiger partial charge in [0, 0.05) is 17.1 Å². The summed E-state index contributed by atoms with van der Waals surface area (Å²) in [6.07, 6.45) is -6.56. The number of carbonyl (C=O) groups excluding carboxylic acids is 1. The maximum atomic E-state index is 13.1. The predicted molar refractivity (Wildman–Crippen MR) is 58.3 cm³/mol. The number of amides is 1.